The molecule has 2 aliphatic heterocycles. The number of hydrogen-bond donors (Lipinski definition) is 2. The first kappa shape index (κ1) is 15.0. The van der Waals surface area contributed by atoms with Crippen molar-refractivity contribution in [2.24, 2.45) is 11.8 Å². The molecule has 23 heavy (non-hydrogen) atoms. The zero-order chi connectivity index (χ0) is 15.8. The molecule has 0 aromatic carbocycles. The van der Waals surface area contributed by atoms with E-state index in [2.05, 4.69) is 31.4 Å². The largest absolute Gasteiger partial charge is 0.370 e. The van der Waals surface area contributed by atoms with E-state index < -0.39 is 0 Å². The number of anilines is 1. The summed E-state index contributed by atoms with van der Waals surface area (Å²) < 4.78 is 2.09. The predicted octanol–water partition coefficient (Wildman–Crippen LogP) is 1.22. The zero-order valence-corrected chi connectivity index (χ0v) is 13.9. The van der Waals surface area contributed by atoms with Crippen LogP contribution in [0.15, 0.2) is 6.07 Å². The standard InChI is InChI=1S/C17H27N5O/c1-12-8-16-19-10-13(11-22(16)20-12)9-18-15-4-6-21(7-5-15)17(23)14-2-3-14/h8,13-15,18-19H,2-7,9-11H2,1H3/t13-/m1/s1. The minimum atomic E-state index is 0.361. The number of nitrogens with one attached hydrogen (secondary N) is 2. The SMILES string of the molecule is Cc1cc2n(n1)C[C@H](CNC1CCN(C(=O)C3CC3)CC1)CN2. The number of carbonyl (C=O) groups excluding carboxylic acids is 1. The second-order valence-corrected chi connectivity index (χ2v) is 7.38. The number of nitrogens with zero attached hydrogens (tertiary/aromatic N) is 3. The number of aromatic nitrogens is 2. The van der Waals surface area contributed by atoms with Crippen LogP contribution in [0.4, 0.5) is 5.82 Å². The monoisotopic (exact) mass is 317 g/mol. The maximum atomic E-state index is 12.1. The van der Waals surface area contributed by atoms with Gasteiger partial charge in [0.05, 0.1) is 5.69 Å². The Morgan fingerprint density at radius 1 is 1.35 bits per heavy atom. The van der Waals surface area contributed by atoms with Gasteiger partial charge in [-0.1, -0.05) is 0 Å². The van der Waals surface area contributed by atoms with E-state index in [1.165, 1.54) is 0 Å². The topological polar surface area (TPSA) is 62.2 Å². The Morgan fingerprint density at radius 2 is 2.13 bits per heavy atom. The highest BCUT2D eigenvalue weighted by Gasteiger charge is 2.34. The van der Waals surface area contributed by atoms with Crippen LogP contribution in [0.25, 0.3) is 0 Å². The van der Waals surface area contributed by atoms with Crippen molar-refractivity contribution in [3.05, 3.63) is 11.8 Å². The Labute approximate surface area is 137 Å². The second kappa shape index (κ2) is 6.15. The molecule has 1 aromatic rings. The molecule has 1 saturated heterocycles. The Morgan fingerprint density at radius 3 is 2.87 bits per heavy atom. The molecule has 1 aliphatic carbocycles. The highest BCUT2D eigenvalue weighted by Crippen LogP contribution is 2.31. The molecule has 0 spiro atoms. The maximum absolute atomic E-state index is 12.1. The van der Waals surface area contributed by atoms with E-state index in [4.69, 9.17) is 0 Å². The molecule has 0 unspecified atom stereocenters. The van der Waals surface area contributed by atoms with Gasteiger partial charge in [-0.3, -0.25) is 4.79 Å². The fraction of sp³-hybridized carbons (Fsp3) is 0.765. The summed E-state index contributed by atoms with van der Waals surface area (Å²) in [6.07, 6.45) is 4.40. The molecule has 3 aliphatic rings. The molecule has 126 valence electrons. The number of aryl methyl sites for hydroxylation is 1. The van der Waals surface area contributed by atoms with Crippen molar-refractivity contribution >= 4 is 11.7 Å². The minimum absolute atomic E-state index is 0.361. The van der Waals surface area contributed by atoms with Gasteiger partial charge in [-0.25, -0.2) is 4.68 Å². The van der Waals surface area contributed by atoms with Crippen LogP contribution in [0, 0.1) is 18.8 Å². The number of carbonyl (C=O) groups is 1. The van der Waals surface area contributed by atoms with Gasteiger partial charge in [0, 0.05) is 56.7 Å². The zero-order valence-electron chi connectivity index (χ0n) is 13.9. The number of fused-ring (bicyclic) bond motifs is 1. The molecular weight excluding hydrogens is 290 g/mol. The van der Waals surface area contributed by atoms with Gasteiger partial charge in [0.25, 0.3) is 0 Å². The minimum Gasteiger partial charge on any atom is -0.370 e. The number of piperidine rings is 1. The van der Waals surface area contributed by atoms with E-state index in [-0.39, 0.29) is 0 Å². The lowest BCUT2D eigenvalue weighted by molar-refractivity contribution is -0.133. The van der Waals surface area contributed by atoms with Crippen LogP contribution in [0.5, 0.6) is 0 Å². The van der Waals surface area contributed by atoms with Crippen molar-refractivity contribution in [2.75, 3.05) is 31.5 Å². The third-order valence-electron chi connectivity index (χ3n) is 5.33. The molecule has 1 saturated carbocycles. The number of hydrogen-bond acceptors (Lipinski definition) is 4. The van der Waals surface area contributed by atoms with E-state index in [0.29, 0.717) is 23.8 Å². The van der Waals surface area contributed by atoms with Crippen molar-refractivity contribution < 1.29 is 4.79 Å². The molecule has 0 radical (unpaired) electrons. The highest BCUT2D eigenvalue weighted by molar-refractivity contribution is 5.81. The van der Waals surface area contributed by atoms with E-state index in [9.17, 15) is 4.79 Å². The molecular formula is C17H27N5O. The van der Waals surface area contributed by atoms with Crippen LogP contribution < -0.4 is 10.6 Å². The predicted molar refractivity (Wildman–Crippen MR) is 89.3 cm³/mol. The lowest BCUT2D eigenvalue weighted by Crippen LogP contribution is -2.47. The van der Waals surface area contributed by atoms with Crippen molar-refractivity contribution in [3.8, 4) is 0 Å². The van der Waals surface area contributed by atoms with Crippen LogP contribution in [-0.2, 0) is 11.3 Å². The maximum Gasteiger partial charge on any atom is 0.225 e. The molecule has 2 fully saturated rings. The summed E-state index contributed by atoms with van der Waals surface area (Å²) >= 11 is 0. The molecule has 3 heterocycles. The summed E-state index contributed by atoms with van der Waals surface area (Å²) in [6.45, 7) is 6.92. The number of rotatable bonds is 4. The van der Waals surface area contributed by atoms with Gasteiger partial charge in [0.15, 0.2) is 0 Å². The first-order valence-electron chi connectivity index (χ1n) is 8.99. The van der Waals surface area contributed by atoms with Crippen LogP contribution in [0.2, 0.25) is 0 Å². The first-order chi connectivity index (χ1) is 11.2. The van der Waals surface area contributed by atoms with E-state index in [1.54, 1.807) is 0 Å². The Balaban J connectivity index is 1.21. The van der Waals surface area contributed by atoms with Crippen LogP contribution in [-0.4, -0.2) is 52.8 Å². The Bertz CT molecular complexity index is 572. The van der Waals surface area contributed by atoms with Gasteiger partial charge >= 0.3 is 0 Å². The lowest BCUT2D eigenvalue weighted by atomic mass is 10.0. The first-order valence-corrected chi connectivity index (χ1v) is 8.99. The quantitative estimate of drug-likeness (QED) is 0.877. The Kier molecular flexibility index (Phi) is 4.01. The summed E-state index contributed by atoms with van der Waals surface area (Å²) in [4.78, 5) is 14.2. The van der Waals surface area contributed by atoms with Gasteiger partial charge < -0.3 is 15.5 Å². The average molecular weight is 317 g/mol. The molecule has 6 nitrogen and oxygen atoms in total. The fourth-order valence-corrected chi connectivity index (χ4v) is 3.75. The van der Waals surface area contributed by atoms with Crippen molar-refractivity contribution in [2.45, 2.75) is 45.2 Å². The van der Waals surface area contributed by atoms with Crippen molar-refractivity contribution in [1.29, 1.82) is 0 Å². The molecule has 1 amide bonds. The van der Waals surface area contributed by atoms with Crippen molar-refractivity contribution in [1.82, 2.24) is 20.0 Å². The van der Waals surface area contributed by atoms with E-state index in [0.717, 1.165) is 69.9 Å². The van der Waals surface area contributed by atoms with Gasteiger partial charge in [-0.2, -0.15) is 5.10 Å². The number of likely N-dealkylation sites (tertiary alicyclic amines) is 1. The summed E-state index contributed by atoms with van der Waals surface area (Å²) in [7, 11) is 0. The van der Waals surface area contributed by atoms with Crippen molar-refractivity contribution in [3.63, 3.8) is 0 Å². The van der Waals surface area contributed by atoms with Crippen LogP contribution >= 0.6 is 0 Å². The molecule has 2 N–H and O–H groups in total. The third kappa shape index (κ3) is 3.37. The molecule has 1 atom stereocenters. The lowest BCUT2D eigenvalue weighted by Gasteiger charge is -2.34. The Hall–Kier alpha value is -1.56. The average Bonchev–Trinajstić information content (AvgIpc) is 3.34. The normalized spacial score (nSPS) is 25.1. The summed E-state index contributed by atoms with van der Waals surface area (Å²) in [5.41, 5.74) is 1.08. The molecule has 4 rings (SSSR count). The van der Waals surface area contributed by atoms with E-state index in [1.807, 2.05) is 6.92 Å². The van der Waals surface area contributed by atoms with Crippen LogP contribution in [0.1, 0.15) is 31.4 Å². The second-order valence-electron chi connectivity index (χ2n) is 7.38. The van der Waals surface area contributed by atoms with E-state index >= 15 is 0 Å². The van der Waals surface area contributed by atoms with Gasteiger partial charge in [0.2, 0.25) is 5.91 Å². The number of amides is 1. The summed E-state index contributed by atoms with van der Waals surface area (Å²) in [5, 5.41) is 11.7. The molecule has 1 aromatic heterocycles. The van der Waals surface area contributed by atoms with Gasteiger partial charge in [-0.15, -0.1) is 0 Å². The highest BCUT2D eigenvalue weighted by atomic mass is 16.2. The summed E-state index contributed by atoms with van der Waals surface area (Å²) in [6, 6.07) is 2.66. The van der Waals surface area contributed by atoms with Crippen LogP contribution in [0.3, 0.4) is 0 Å². The smallest absolute Gasteiger partial charge is 0.225 e. The fourth-order valence-electron chi connectivity index (χ4n) is 3.75. The molecule has 6 heteroatoms. The third-order valence-corrected chi connectivity index (χ3v) is 5.33. The summed E-state index contributed by atoms with van der Waals surface area (Å²) in [5.74, 6) is 2.49. The van der Waals surface area contributed by atoms with Gasteiger partial charge in [-0.05, 0) is 32.6 Å². The molecule has 0 bridgehead atoms. The van der Waals surface area contributed by atoms with Gasteiger partial charge in [0.1, 0.15) is 5.82 Å².